The van der Waals surface area contributed by atoms with Crippen LogP contribution in [0.15, 0.2) is 23.2 Å². The van der Waals surface area contributed by atoms with Crippen molar-refractivity contribution in [2.75, 3.05) is 7.11 Å². The third-order valence-electron chi connectivity index (χ3n) is 2.21. The minimum atomic E-state index is -0.113. The molecular weight excluding hydrogens is 250 g/mol. The molecule has 0 amide bonds. The fourth-order valence-corrected chi connectivity index (χ4v) is 1.70. The van der Waals surface area contributed by atoms with Crippen molar-refractivity contribution in [3.05, 3.63) is 28.8 Å². The highest BCUT2D eigenvalue weighted by atomic mass is 35.5. The van der Waals surface area contributed by atoms with Gasteiger partial charge in [-0.05, 0) is 32.9 Å². The zero-order valence-corrected chi connectivity index (χ0v) is 12.0. The number of methoxy groups -OCH3 is 1. The van der Waals surface area contributed by atoms with Crippen LogP contribution in [0.5, 0.6) is 5.75 Å². The van der Waals surface area contributed by atoms with Crippen LogP contribution in [0.25, 0.3) is 0 Å². The van der Waals surface area contributed by atoms with Crippen molar-refractivity contribution >= 4 is 17.6 Å². The fraction of sp³-hybridized carbons (Fsp3) is 0.462. The molecule has 0 saturated carbocycles. The molecule has 0 radical (unpaired) electrons. The van der Waals surface area contributed by atoms with E-state index in [2.05, 4.69) is 10.3 Å². The Labute approximate surface area is 113 Å². The lowest BCUT2D eigenvalue weighted by atomic mass is 10.1. The Hall–Kier alpha value is -1.42. The first-order chi connectivity index (χ1) is 8.33. The van der Waals surface area contributed by atoms with Crippen LogP contribution < -0.4 is 15.8 Å². The minimum absolute atomic E-state index is 0.113. The molecule has 0 aliphatic rings. The quantitative estimate of drug-likeness (QED) is 0.655. The number of nitrogens with zero attached hydrogens (tertiary/aromatic N) is 1. The molecule has 0 aliphatic carbocycles. The maximum atomic E-state index is 6.11. The molecule has 0 aliphatic heterocycles. The van der Waals surface area contributed by atoms with Crippen molar-refractivity contribution in [2.24, 2.45) is 10.7 Å². The molecule has 3 N–H and O–H groups in total. The van der Waals surface area contributed by atoms with Crippen molar-refractivity contribution in [1.29, 1.82) is 0 Å². The van der Waals surface area contributed by atoms with E-state index in [0.717, 1.165) is 11.3 Å². The molecule has 0 heterocycles. The second-order valence-corrected chi connectivity index (χ2v) is 5.40. The Bertz CT molecular complexity index is 438. The molecule has 1 rings (SSSR count). The van der Waals surface area contributed by atoms with Crippen LogP contribution in [-0.4, -0.2) is 18.6 Å². The predicted octanol–water partition coefficient (Wildman–Crippen LogP) is 2.55. The number of benzene rings is 1. The Balaban J connectivity index is 2.83. The fourth-order valence-electron chi connectivity index (χ4n) is 1.47. The number of hydrogen-bond donors (Lipinski definition) is 2. The van der Waals surface area contributed by atoms with Gasteiger partial charge in [0.25, 0.3) is 0 Å². The van der Waals surface area contributed by atoms with Crippen molar-refractivity contribution in [3.63, 3.8) is 0 Å². The number of aliphatic imine (C=N–C) groups is 1. The van der Waals surface area contributed by atoms with E-state index in [9.17, 15) is 0 Å². The van der Waals surface area contributed by atoms with Gasteiger partial charge in [0.1, 0.15) is 5.75 Å². The molecule has 0 saturated heterocycles. The molecule has 0 fully saturated rings. The van der Waals surface area contributed by atoms with Gasteiger partial charge in [0.05, 0.1) is 13.7 Å². The van der Waals surface area contributed by atoms with Crippen LogP contribution in [0.1, 0.15) is 26.3 Å². The molecule has 0 bridgehead atoms. The van der Waals surface area contributed by atoms with Gasteiger partial charge in [0.15, 0.2) is 5.96 Å². The Morgan fingerprint density at radius 1 is 1.44 bits per heavy atom. The van der Waals surface area contributed by atoms with E-state index in [-0.39, 0.29) is 5.54 Å². The van der Waals surface area contributed by atoms with Gasteiger partial charge < -0.3 is 15.8 Å². The lowest BCUT2D eigenvalue weighted by molar-refractivity contribution is 0.410. The van der Waals surface area contributed by atoms with E-state index in [4.69, 9.17) is 22.1 Å². The van der Waals surface area contributed by atoms with Crippen LogP contribution >= 0.6 is 11.6 Å². The SMILES string of the molecule is COc1cccc(Cl)c1CN=C(N)NC(C)(C)C. The van der Waals surface area contributed by atoms with Gasteiger partial charge in [0.2, 0.25) is 0 Å². The van der Waals surface area contributed by atoms with Gasteiger partial charge in [-0.25, -0.2) is 4.99 Å². The largest absolute Gasteiger partial charge is 0.496 e. The first kappa shape index (κ1) is 14.6. The highest BCUT2D eigenvalue weighted by Crippen LogP contribution is 2.26. The van der Waals surface area contributed by atoms with Crippen LogP contribution in [0.3, 0.4) is 0 Å². The van der Waals surface area contributed by atoms with Gasteiger partial charge in [0, 0.05) is 16.1 Å². The summed E-state index contributed by atoms with van der Waals surface area (Å²) in [5.41, 5.74) is 6.52. The van der Waals surface area contributed by atoms with Crippen molar-refractivity contribution in [3.8, 4) is 5.75 Å². The van der Waals surface area contributed by atoms with E-state index < -0.39 is 0 Å². The molecule has 4 nitrogen and oxygen atoms in total. The van der Waals surface area contributed by atoms with E-state index in [0.29, 0.717) is 17.5 Å². The first-order valence-electron chi connectivity index (χ1n) is 5.73. The Morgan fingerprint density at radius 2 is 2.11 bits per heavy atom. The maximum Gasteiger partial charge on any atom is 0.189 e. The van der Waals surface area contributed by atoms with Gasteiger partial charge in [-0.15, -0.1) is 0 Å². The molecule has 1 aromatic carbocycles. The lowest BCUT2D eigenvalue weighted by Gasteiger charge is -2.21. The van der Waals surface area contributed by atoms with Crippen LogP contribution in [0.4, 0.5) is 0 Å². The minimum Gasteiger partial charge on any atom is -0.496 e. The number of hydrogen-bond acceptors (Lipinski definition) is 2. The van der Waals surface area contributed by atoms with Crippen molar-refractivity contribution < 1.29 is 4.74 Å². The van der Waals surface area contributed by atoms with E-state index >= 15 is 0 Å². The van der Waals surface area contributed by atoms with Gasteiger partial charge in [-0.2, -0.15) is 0 Å². The average Bonchev–Trinajstić information content (AvgIpc) is 2.24. The molecule has 0 atom stereocenters. The summed E-state index contributed by atoms with van der Waals surface area (Å²) in [5, 5.41) is 3.72. The van der Waals surface area contributed by atoms with Gasteiger partial charge >= 0.3 is 0 Å². The first-order valence-corrected chi connectivity index (χ1v) is 6.11. The average molecular weight is 270 g/mol. The number of nitrogens with one attached hydrogen (secondary N) is 1. The zero-order valence-electron chi connectivity index (χ0n) is 11.2. The smallest absolute Gasteiger partial charge is 0.189 e. The van der Waals surface area contributed by atoms with Gasteiger partial charge in [-0.3, -0.25) is 0 Å². The second-order valence-electron chi connectivity index (χ2n) is 5.00. The summed E-state index contributed by atoms with van der Waals surface area (Å²) in [7, 11) is 1.61. The summed E-state index contributed by atoms with van der Waals surface area (Å²) in [6.07, 6.45) is 0. The molecule has 0 spiro atoms. The number of rotatable bonds is 3. The van der Waals surface area contributed by atoms with Gasteiger partial charge in [-0.1, -0.05) is 17.7 Å². The Kier molecular flexibility index (Phi) is 4.84. The number of halogens is 1. The van der Waals surface area contributed by atoms with Crippen LogP contribution in [0, 0.1) is 0 Å². The summed E-state index contributed by atoms with van der Waals surface area (Å²) in [5.74, 6) is 1.11. The number of guanidine groups is 1. The molecule has 1 aromatic rings. The third-order valence-corrected chi connectivity index (χ3v) is 2.56. The highest BCUT2D eigenvalue weighted by molar-refractivity contribution is 6.31. The lowest BCUT2D eigenvalue weighted by Crippen LogP contribution is -2.44. The summed E-state index contributed by atoms with van der Waals surface area (Å²) >= 11 is 6.11. The number of ether oxygens (including phenoxy) is 1. The summed E-state index contributed by atoms with van der Waals surface area (Å²) in [6.45, 7) is 6.44. The molecule has 0 unspecified atom stereocenters. The maximum absolute atomic E-state index is 6.11. The van der Waals surface area contributed by atoms with E-state index in [1.54, 1.807) is 7.11 Å². The van der Waals surface area contributed by atoms with Crippen molar-refractivity contribution in [2.45, 2.75) is 32.9 Å². The predicted molar refractivity (Wildman–Crippen MR) is 76.2 cm³/mol. The highest BCUT2D eigenvalue weighted by Gasteiger charge is 2.11. The van der Waals surface area contributed by atoms with Crippen molar-refractivity contribution in [1.82, 2.24) is 5.32 Å². The monoisotopic (exact) mass is 269 g/mol. The topological polar surface area (TPSA) is 59.6 Å². The molecular formula is C13H20ClN3O. The Morgan fingerprint density at radius 3 is 2.67 bits per heavy atom. The molecule has 5 heteroatoms. The summed E-state index contributed by atoms with van der Waals surface area (Å²) in [6, 6.07) is 5.50. The zero-order chi connectivity index (χ0) is 13.8. The summed E-state index contributed by atoms with van der Waals surface area (Å²) < 4.78 is 5.24. The second kappa shape index (κ2) is 5.96. The standard InChI is InChI=1S/C13H20ClN3O/c1-13(2,3)17-12(15)16-8-9-10(14)6-5-7-11(9)18-4/h5-7H,8H2,1-4H3,(H3,15,16,17). The van der Waals surface area contributed by atoms with E-state index in [1.165, 1.54) is 0 Å². The molecule has 0 aromatic heterocycles. The number of nitrogens with two attached hydrogens (primary N) is 1. The van der Waals surface area contributed by atoms with Crippen LogP contribution in [-0.2, 0) is 6.54 Å². The summed E-state index contributed by atoms with van der Waals surface area (Å²) in [4.78, 5) is 4.27. The van der Waals surface area contributed by atoms with E-state index in [1.807, 2.05) is 39.0 Å². The molecule has 100 valence electrons. The third kappa shape index (κ3) is 4.45. The van der Waals surface area contributed by atoms with Crippen LogP contribution in [0.2, 0.25) is 5.02 Å². The normalized spacial score (nSPS) is 12.4. The molecule has 18 heavy (non-hydrogen) atoms.